The summed E-state index contributed by atoms with van der Waals surface area (Å²) < 4.78 is 53.4. The average Bonchev–Trinajstić information content (AvgIpc) is 3.37. The van der Waals surface area contributed by atoms with Gasteiger partial charge in [-0.05, 0) is 79.1 Å². The Kier molecular flexibility index (Phi) is 7.79. The third kappa shape index (κ3) is 6.63. The first-order valence-corrected chi connectivity index (χ1v) is 13.2. The predicted octanol–water partition coefficient (Wildman–Crippen LogP) is 5.68. The summed E-state index contributed by atoms with van der Waals surface area (Å²) in [6, 6.07) is 13.9. The molecule has 218 valence electrons. The van der Waals surface area contributed by atoms with E-state index in [2.05, 4.69) is 10.3 Å². The molecule has 0 atom stereocenters. The lowest BCUT2D eigenvalue weighted by molar-refractivity contribution is -0.136. The van der Waals surface area contributed by atoms with E-state index < -0.39 is 23.2 Å². The van der Waals surface area contributed by atoms with E-state index in [1.807, 2.05) is 13.8 Å². The van der Waals surface area contributed by atoms with Gasteiger partial charge in [0.25, 0.3) is 5.91 Å². The Morgan fingerprint density at radius 2 is 1.86 bits per heavy atom. The van der Waals surface area contributed by atoms with Crippen LogP contribution in [0, 0.1) is 0 Å². The lowest BCUT2D eigenvalue weighted by Gasteiger charge is -2.38. The second kappa shape index (κ2) is 11.3. The number of benzene rings is 2. The van der Waals surface area contributed by atoms with Gasteiger partial charge in [-0.2, -0.15) is 13.2 Å². The number of morpholine rings is 1. The van der Waals surface area contributed by atoms with Gasteiger partial charge in [-0.15, -0.1) is 0 Å². The van der Waals surface area contributed by atoms with Gasteiger partial charge in [-0.25, -0.2) is 4.98 Å². The third-order valence-corrected chi connectivity index (χ3v) is 6.82. The molecular weight excluding hydrogens is 549 g/mol. The van der Waals surface area contributed by atoms with E-state index in [1.165, 1.54) is 24.4 Å². The standard InChI is InChI=1S/C31H29F3N4O4/c1-30(2)18-38(11-12-41-30)29(40)21-7-5-20(6-8-21)22-13-23-14-24(42-28(23)25(15-22)31(32,33)34)17-37-27(39)10-4-19-3-9-26(35)36-16-19/h3-10,13-16H,11-12,17-18H2,1-2H3,(H2,35,36)(H,37,39). The molecule has 0 unspecified atom stereocenters. The molecule has 2 aromatic heterocycles. The SMILES string of the molecule is CC1(C)CN(C(=O)c2ccc(-c3cc(C(F)(F)F)c4oc(CNC(=O)C=Cc5ccc(N)nc5)cc4c3)cc2)CCO1. The van der Waals surface area contributed by atoms with E-state index in [4.69, 9.17) is 14.9 Å². The Morgan fingerprint density at radius 1 is 1.10 bits per heavy atom. The fourth-order valence-electron chi connectivity index (χ4n) is 4.77. The molecule has 4 aromatic rings. The maximum absolute atomic E-state index is 14.0. The van der Waals surface area contributed by atoms with Crippen LogP contribution in [-0.2, 0) is 22.3 Å². The minimum Gasteiger partial charge on any atom is -0.459 e. The van der Waals surface area contributed by atoms with Crippen LogP contribution in [0.2, 0.25) is 0 Å². The van der Waals surface area contributed by atoms with Gasteiger partial charge in [0.05, 0.1) is 24.3 Å². The first-order valence-electron chi connectivity index (χ1n) is 13.2. The molecule has 0 saturated carbocycles. The predicted molar refractivity (Wildman–Crippen MR) is 152 cm³/mol. The number of nitrogens with zero attached hydrogens (tertiary/aromatic N) is 2. The molecular formula is C31H29F3N4O4. The number of carbonyl (C=O) groups excluding carboxylic acids is 2. The first-order chi connectivity index (χ1) is 19.9. The maximum atomic E-state index is 14.0. The largest absolute Gasteiger partial charge is 0.459 e. The number of furan rings is 1. The summed E-state index contributed by atoms with van der Waals surface area (Å²) >= 11 is 0. The van der Waals surface area contributed by atoms with E-state index in [9.17, 15) is 22.8 Å². The Labute approximate surface area is 240 Å². The summed E-state index contributed by atoms with van der Waals surface area (Å²) in [7, 11) is 0. The van der Waals surface area contributed by atoms with Crippen molar-refractivity contribution in [3.8, 4) is 11.1 Å². The molecule has 11 heteroatoms. The van der Waals surface area contributed by atoms with Crippen LogP contribution in [0.4, 0.5) is 19.0 Å². The number of amides is 2. The van der Waals surface area contributed by atoms with Crippen molar-refractivity contribution >= 4 is 34.7 Å². The van der Waals surface area contributed by atoms with E-state index in [0.29, 0.717) is 47.8 Å². The topological polar surface area (TPSA) is 111 Å². The van der Waals surface area contributed by atoms with Gasteiger partial charge in [0.2, 0.25) is 5.91 Å². The number of nitrogens with one attached hydrogen (secondary N) is 1. The number of halogens is 3. The highest BCUT2D eigenvalue weighted by Gasteiger charge is 2.35. The number of nitrogens with two attached hydrogens (primary N) is 1. The van der Waals surface area contributed by atoms with E-state index >= 15 is 0 Å². The van der Waals surface area contributed by atoms with E-state index in [-0.39, 0.29) is 29.2 Å². The fraction of sp³-hybridized carbons (Fsp3) is 0.258. The second-order valence-electron chi connectivity index (χ2n) is 10.6. The zero-order valence-electron chi connectivity index (χ0n) is 23.0. The highest BCUT2D eigenvalue weighted by molar-refractivity contribution is 5.95. The van der Waals surface area contributed by atoms with Gasteiger partial charge >= 0.3 is 6.18 Å². The summed E-state index contributed by atoms with van der Waals surface area (Å²) in [4.78, 5) is 30.9. The second-order valence-corrected chi connectivity index (χ2v) is 10.6. The van der Waals surface area contributed by atoms with Crippen molar-refractivity contribution in [3.05, 3.63) is 89.3 Å². The highest BCUT2D eigenvalue weighted by atomic mass is 19.4. The average molecular weight is 579 g/mol. The Morgan fingerprint density at radius 3 is 2.52 bits per heavy atom. The molecule has 3 heterocycles. The van der Waals surface area contributed by atoms with Gasteiger partial charge in [0.15, 0.2) is 0 Å². The van der Waals surface area contributed by atoms with Crippen LogP contribution in [0.15, 0.2) is 71.3 Å². The molecule has 42 heavy (non-hydrogen) atoms. The number of rotatable bonds is 6. The van der Waals surface area contributed by atoms with Crippen molar-refractivity contribution in [1.82, 2.24) is 15.2 Å². The molecule has 1 aliphatic heterocycles. The van der Waals surface area contributed by atoms with Crippen LogP contribution >= 0.6 is 0 Å². The van der Waals surface area contributed by atoms with Crippen LogP contribution in [0.1, 0.15) is 41.1 Å². The van der Waals surface area contributed by atoms with Crippen molar-refractivity contribution < 1.29 is 31.9 Å². The Bertz CT molecular complexity index is 1640. The molecule has 0 bridgehead atoms. The number of aromatic nitrogens is 1. The van der Waals surface area contributed by atoms with Crippen molar-refractivity contribution in [3.63, 3.8) is 0 Å². The molecule has 5 rings (SSSR count). The summed E-state index contributed by atoms with van der Waals surface area (Å²) in [5.74, 6) is -0.106. The molecule has 3 N–H and O–H groups in total. The number of carbonyl (C=O) groups is 2. The van der Waals surface area contributed by atoms with Crippen molar-refractivity contribution in [1.29, 1.82) is 0 Å². The van der Waals surface area contributed by atoms with E-state index in [0.717, 1.165) is 6.07 Å². The Hall–Kier alpha value is -4.64. The molecule has 0 radical (unpaired) electrons. The van der Waals surface area contributed by atoms with Crippen molar-refractivity contribution in [2.45, 2.75) is 32.2 Å². The zero-order valence-corrected chi connectivity index (χ0v) is 23.0. The third-order valence-electron chi connectivity index (χ3n) is 6.82. The van der Waals surface area contributed by atoms with E-state index in [1.54, 1.807) is 47.4 Å². The van der Waals surface area contributed by atoms with Crippen LogP contribution in [0.25, 0.3) is 28.2 Å². The van der Waals surface area contributed by atoms with Crippen LogP contribution in [-0.4, -0.2) is 47.0 Å². The van der Waals surface area contributed by atoms with Crippen LogP contribution in [0.3, 0.4) is 0 Å². The van der Waals surface area contributed by atoms with Crippen molar-refractivity contribution in [2.75, 3.05) is 25.4 Å². The quantitative estimate of drug-likeness (QED) is 0.285. The minimum atomic E-state index is -4.68. The number of ether oxygens (including phenoxy) is 1. The lowest BCUT2D eigenvalue weighted by Crippen LogP contribution is -2.50. The van der Waals surface area contributed by atoms with Gasteiger partial charge in [0, 0.05) is 36.3 Å². The number of nitrogen functional groups attached to an aromatic ring is 1. The fourth-order valence-corrected chi connectivity index (χ4v) is 4.77. The summed E-state index contributed by atoms with van der Waals surface area (Å²) in [5, 5.41) is 2.84. The molecule has 1 saturated heterocycles. The lowest BCUT2D eigenvalue weighted by atomic mass is 9.99. The smallest absolute Gasteiger partial charge is 0.420 e. The molecule has 8 nitrogen and oxygen atoms in total. The number of fused-ring (bicyclic) bond motifs is 1. The maximum Gasteiger partial charge on any atom is 0.420 e. The first kappa shape index (κ1) is 28.9. The normalized spacial score (nSPS) is 15.3. The zero-order chi connectivity index (χ0) is 30.1. The van der Waals surface area contributed by atoms with Gasteiger partial charge in [-0.3, -0.25) is 9.59 Å². The van der Waals surface area contributed by atoms with Crippen LogP contribution in [0.5, 0.6) is 0 Å². The van der Waals surface area contributed by atoms with Crippen molar-refractivity contribution in [2.24, 2.45) is 0 Å². The Balaban J connectivity index is 1.34. The van der Waals surface area contributed by atoms with Gasteiger partial charge in [-0.1, -0.05) is 12.1 Å². The minimum absolute atomic E-state index is 0.111. The molecule has 0 spiro atoms. The summed E-state index contributed by atoms with van der Waals surface area (Å²) in [6.07, 6.45) is -0.356. The highest BCUT2D eigenvalue weighted by Crippen LogP contribution is 2.39. The number of pyridine rings is 1. The number of anilines is 1. The molecule has 2 amide bonds. The molecule has 2 aromatic carbocycles. The number of hydrogen-bond donors (Lipinski definition) is 2. The molecule has 0 aliphatic carbocycles. The van der Waals surface area contributed by atoms with Gasteiger partial charge < -0.3 is 25.1 Å². The molecule has 1 aliphatic rings. The monoisotopic (exact) mass is 578 g/mol. The van der Waals surface area contributed by atoms with Crippen LogP contribution < -0.4 is 11.1 Å². The number of alkyl halides is 3. The summed E-state index contributed by atoms with van der Waals surface area (Å²) in [6.45, 7) is 5.06. The molecule has 1 fully saturated rings. The summed E-state index contributed by atoms with van der Waals surface area (Å²) in [5.41, 5.74) is 5.78. The number of hydrogen-bond acceptors (Lipinski definition) is 6. The van der Waals surface area contributed by atoms with Gasteiger partial charge in [0.1, 0.15) is 17.2 Å².